The highest BCUT2D eigenvalue weighted by Crippen LogP contribution is 2.37. The van der Waals surface area contributed by atoms with Crippen LogP contribution in [0.5, 0.6) is 0 Å². The summed E-state index contributed by atoms with van der Waals surface area (Å²) in [6, 6.07) is 7.35. The van der Waals surface area contributed by atoms with Crippen LogP contribution in [0.3, 0.4) is 0 Å². The molecule has 0 bridgehead atoms. The molecule has 0 amide bonds. The van der Waals surface area contributed by atoms with Gasteiger partial charge in [-0.1, -0.05) is 20.8 Å². The van der Waals surface area contributed by atoms with Crippen LogP contribution < -0.4 is 5.32 Å². The van der Waals surface area contributed by atoms with E-state index in [1.54, 1.807) is 42.3 Å². The first-order valence-electron chi connectivity index (χ1n) is 13.9. The van der Waals surface area contributed by atoms with Gasteiger partial charge in [0.1, 0.15) is 11.6 Å². The minimum Gasteiger partial charge on any atom is -0.450 e. The number of aromatic nitrogens is 8. The number of rotatable bonds is 10. The zero-order chi connectivity index (χ0) is 31.6. The molecule has 0 aliphatic carbocycles. The number of nitrogens with one attached hydrogen (secondary N) is 1. The summed E-state index contributed by atoms with van der Waals surface area (Å²) in [4.78, 5) is 25.5. The Morgan fingerprint density at radius 2 is 1.89 bits per heavy atom. The molecule has 44 heavy (non-hydrogen) atoms. The van der Waals surface area contributed by atoms with E-state index in [-0.39, 0.29) is 35.1 Å². The van der Waals surface area contributed by atoms with Gasteiger partial charge >= 0.3 is 5.97 Å². The topological polar surface area (TPSA) is 134 Å². The molecule has 0 aliphatic heterocycles. The fourth-order valence-electron chi connectivity index (χ4n) is 4.14. The number of ether oxygens (including phenoxy) is 1. The van der Waals surface area contributed by atoms with Crippen LogP contribution in [0.25, 0.3) is 16.9 Å². The molecule has 0 saturated heterocycles. The second-order valence-electron chi connectivity index (χ2n) is 11.7. The van der Waals surface area contributed by atoms with E-state index in [2.05, 4.69) is 69.4 Å². The van der Waals surface area contributed by atoms with Crippen LogP contribution in [0.1, 0.15) is 49.5 Å². The summed E-state index contributed by atoms with van der Waals surface area (Å²) >= 11 is 0. The van der Waals surface area contributed by atoms with E-state index in [0.717, 1.165) is 12.3 Å². The Hall–Kier alpha value is -4.63. The average molecular weight is 622 g/mol. The molecule has 0 saturated carbocycles. The van der Waals surface area contributed by atoms with Gasteiger partial charge < -0.3 is 14.5 Å². The maximum Gasteiger partial charge on any atom is 0.340 e. The second-order valence-corrected chi connectivity index (χ2v) is 16.5. The highest BCUT2D eigenvalue weighted by molar-refractivity contribution is 6.74. The summed E-state index contributed by atoms with van der Waals surface area (Å²) in [5.74, 6) is -1.19. The van der Waals surface area contributed by atoms with E-state index < -0.39 is 32.2 Å². The van der Waals surface area contributed by atoms with Crippen molar-refractivity contribution in [3.05, 3.63) is 78.3 Å². The van der Waals surface area contributed by atoms with Crippen molar-refractivity contribution in [3.8, 4) is 11.3 Å². The number of pyridine rings is 2. The molecule has 0 aromatic carbocycles. The maximum absolute atomic E-state index is 15.8. The van der Waals surface area contributed by atoms with Crippen molar-refractivity contribution in [2.45, 2.75) is 51.4 Å². The molecule has 0 aliphatic rings. The standard InChI is InChI=1S/C29H33F2N9O3Si/c1-29(2,3)44(5,6)42-12-9-22(43-27(41)19-13-20(30)17-32-16-19)26-38-37-25-15-18(14-23(31)40(25)26)21-7-10-33-28(35-21)36-24-8-11-34-39(24)4/h7-8,10-11,13-17,22H,9,12H2,1-6H3,(H,33,35,36). The third-order valence-electron chi connectivity index (χ3n) is 7.63. The van der Waals surface area contributed by atoms with Gasteiger partial charge in [0, 0.05) is 50.2 Å². The molecule has 1 N–H and O–H groups in total. The fourth-order valence-corrected chi connectivity index (χ4v) is 5.20. The molecular weight excluding hydrogens is 588 g/mol. The Bertz CT molecular complexity index is 1800. The van der Waals surface area contributed by atoms with Crippen molar-refractivity contribution >= 4 is 31.7 Å². The predicted molar refractivity (Wildman–Crippen MR) is 161 cm³/mol. The predicted octanol–water partition coefficient (Wildman–Crippen LogP) is 5.65. The molecule has 1 atom stereocenters. The molecule has 0 radical (unpaired) electrons. The Kier molecular flexibility index (Phi) is 8.52. The van der Waals surface area contributed by atoms with Crippen molar-refractivity contribution in [1.82, 2.24) is 39.3 Å². The minimum atomic E-state index is -2.15. The van der Waals surface area contributed by atoms with Crippen LogP contribution >= 0.6 is 0 Å². The summed E-state index contributed by atoms with van der Waals surface area (Å²) in [6.07, 6.45) is 4.48. The van der Waals surface area contributed by atoms with Crippen molar-refractivity contribution in [2.24, 2.45) is 7.05 Å². The average Bonchev–Trinajstić information content (AvgIpc) is 3.58. The first-order valence-corrected chi connectivity index (χ1v) is 16.8. The molecule has 5 aromatic heterocycles. The van der Waals surface area contributed by atoms with Gasteiger partial charge in [0.05, 0.1) is 23.7 Å². The van der Waals surface area contributed by atoms with Gasteiger partial charge in [0.25, 0.3) is 0 Å². The molecule has 230 valence electrons. The van der Waals surface area contributed by atoms with Crippen LogP contribution in [0, 0.1) is 11.8 Å². The van der Waals surface area contributed by atoms with E-state index in [1.165, 1.54) is 16.7 Å². The monoisotopic (exact) mass is 621 g/mol. The number of nitrogens with zero attached hydrogens (tertiary/aromatic N) is 8. The molecule has 0 spiro atoms. The van der Waals surface area contributed by atoms with E-state index in [9.17, 15) is 9.18 Å². The quantitative estimate of drug-likeness (QED) is 0.118. The van der Waals surface area contributed by atoms with Gasteiger partial charge in [-0.15, -0.1) is 10.2 Å². The van der Waals surface area contributed by atoms with E-state index in [0.29, 0.717) is 23.0 Å². The number of fused-ring (bicyclic) bond motifs is 1. The fraction of sp³-hybridized carbons (Fsp3) is 0.345. The summed E-state index contributed by atoms with van der Waals surface area (Å²) in [6.45, 7) is 10.8. The van der Waals surface area contributed by atoms with E-state index in [4.69, 9.17) is 9.16 Å². The van der Waals surface area contributed by atoms with Crippen molar-refractivity contribution in [1.29, 1.82) is 0 Å². The second kappa shape index (κ2) is 12.2. The third kappa shape index (κ3) is 6.63. The Balaban J connectivity index is 1.45. The summed E-state index contributed by atoms with van der Waals surface area (Å²) in [7, 11) is -0.370. The lowest BCUT2D eigenvalue weighted by molar-refractivity contribution is 0.0212. The van der Waals surface area contributed by atoms with Crippen LogP contribution in [-0.2, 0) is 16.2 Å². The Morgan fingerprint density at radius 1 is 1.09 bits per heavy atom. The number of carbonyl (C=O) groups excluding carboxylic acids is 1. The molecule has 5 aromatic rings. The van der Waals surface area contributed by atoms with Crippen LogP contribution in [-0.4, -0.2) is 60.2 Å². The normalized spacial score (nSPS) is 12.8. The SMILES string of the molecule is Cn1nccc1Nc1nccc(-c2cc(F)n3c(C(CCO[Si](C)(C)C(C)(C)C)OC(=O)c4cncc(F)c4)nnc3c2)n1. The Morgan fingerprint density at radius 3 is 2.59 bits per heavy atom. The summed E-state index contributed by atoms with van der Waals surface area (Å²) in [5, 5.41) is 15.5. The molecule has 12 nitrogen and oxygen atoms in total. The maximum atomic E-state index is 15.8. The Labute approximate surface area is 253 Å². The lowest BCUT2D eigenvalue weighted by Gasteiger charge is -2.36. The molecule has 15 heteroatoms. The number of hydrogen-bond donors (Lipinski definition) is 1. The van der Waals surface area contributed by atoms with Gasteiger partial charge in [-0.3, -0.25) is 14.1 Å². The number of hydrogen-bond acceptors (Lipinski definition) is 10. The highest BCUT2D eigenvalue weighted by atomic mass is 28.4. The summed E-state index contributed by atoms with van der Waals surface area (Å²) in [5.41, 5.74) is 0.967. The van der Waals surface area contributed by atoms with Crippen LogP contribution in [0.2, 0.25) is 18.1 Å². The molecular formula is C29H33F2N9O3Si. The number of anilines is 2. The van der Waals surface area contributed by atoms with Gasteiger partial charge in [-0.25, -0.2) is 19.2 Å². The first-order chi connectivity index (χ1) is 20.8. The largest absolute Gasteiger partial charge is 0.450 e. The molecule has 5 heterocycles. The number of carbonyl (C=O) groups is 1. The van der Waals surface area contributed by atoms with Crippen molar-refractivity contribution in [3.63, 3.8) is 0 Å². The van der Waals surface area contributed by atoms with Gasteiger partial charge in [-0.2, -0.15) is 9.49 Å². The smallest absolute Gasteiger partial charge is 0.340 e. The zero-order valence-electron chi connectivity index (χ0n) is 25.2. The number of esters is 1. The van der Waals surface area contributed by atoms with Crippen molar-refractivity contribution in [2.75, 3.05) is 11.9 Å². The third-order valence-corrected chi connectivity index (χ3v) is 12.2. The summed E-state index contributed by atoms with van der Waals surface area (Å²) < 4.78 is 44.5. The lowest BCUT2D eigenvalue weighted by Crippen LogP contribution is -2.41. The minimum absolute atomic E-state index is 0.0510. The van der Waals surface area contributed by atoms with Crippen LogP contribution in [0.4, 0.5) is 20.5 Å². The number of aryl methyl sites for hydroxylation is 1. The van der Waals surface area contributed by atoms with Gasteiger partial charge in [-0.05, 0) is 36.3 Å². The number of halogens is 2. The van der Waals surface area contributed by atoms with Gasteiger partial charge in [0.15, 0.2) is 25.9 Å². The molecule has 0 fully saturated rings. The van der Waals surface area contributed by atoms with E-state index >= 15 is 4.39 Å². The zero-order valence-corrected chi connectivity index (χ0v) is 26.2. The lowest BCUT2D eigenvalue weighted by atomic mass is 10.2. The molecule has 5 rings (SSSR count). The van der Waals surface area contributed by atoms with Gasteiger partial charge in [0.2, 0.25) is 11.9 Å². The highest BCUT2D eigenvalue weighted by Gasteiger charge is 2.37. The first kappa shape index (κ1) is 30.8. The van der Waals surface area contributed by atoms with Crippen molar-refractivity contribution < 1.29 is 22.7 Å². The van der Waals surface area contributed by atoms with E-state index in [1.807, 2.05) is 0 Å². The molecule has 1 unspecified atom stereocenters. The van der Waals surface area contributed by atoms with Crippen LogP contribution in [0.15, 0.2) is 55.1 Å².